The van der Waals surface area contributed by atoms with Crippen LogP contribution >= 0.6 is 0 Å². The van der Waals surface area contributed by atoms with Gasteiger partial charge in [-0.2, -0.15) is 0 Å². The van der Waals surface area contributed by atoms with Crippen molar-refractivity contribution >= 4 is 11.4 Å². The maximum absolute atomic E-state index is 9.14. The molecule has 4 heteroatoms. The van der Waals surface area contributed by atoms with Crippen LogP contribution < -0.4 is 0 Å². The van der Waals surface area contributed by atoms with Crippen LogP contribution in [0.15, 0.2) is 71.0 Å². The van der Waals surface area contributed by atoms with Crippen LogP contribution in [0.3, 0.4) is 0 Å². The van der Waals surface area contributed by atoms with Crippen molar-refractivity contribution in [1.29, 1.82) is 0 Å². The molecule has 0 amide bonds. The van der Waals surface area contributed by atoms with Crippen LogP contribution in [0.4, 0.5) is 0 Å². The fraction of sp³-hybridized carbons (Fsp3) is 0. The summed E-state index contributed by atoms with van der Waals surface area (Å²) in [5.74, 6) is 0. The van der Waals surface area contributed by atoms with Gasteiger partial charge in [0.15, 0.2) is 0 Å². The average molecular weight is 240 g/mol. The Hall–Kier alpha value is -2.62. The first-order valence-corrected chi connectivity index (χ1v) is 5.42. The van der Waals surface area contributed by atoms with Gasteiger partial charge in [0.1, 0.15) is 11.4 Å². The Morgan fingerprint density at radius 3 is 1.22 bits per heavy atom. The largest absolute Gasteiger partial charge is 0.410 e. The fourth-order valence-electron chi connectivity index (χ4n) is 1.68. The third-order valence-electron chi connectivity index (χ3n) is 2.52. The molecule has 0 unspecified atom stereocenters. The SMILES string of the molecule is O/N=C(/C(=N/O)c1ccccc1)c1ccccc1. The quantitative estimate of drug-likeness (QED) is 0.492. The zero-order valence-electron chi connectivity index (χ0n) is 9.56. The van der Waals surface area contributed by atoms with Crippen LogP contribution in [0.1, 0.15) is 11.1 Å². The Kier molecular flexibility index (Phi) is 3.71. The van der Waals surface area contributed by atoms with Crippen molar-refractivity contribution in [3.63, 3.8) is 0 Å². The molecule has 0 radical (unpaired) electrons. The van der Waals surface area contributed by atoms with Crippen molar-refractivity contribution in [2.24, 2.45) is 10.3 Å². The molecule has 0 aromatic heterocycles. The monoisotopic (exact) mass is 240 g/mol. The van der Waals surface area contributed by atoms with E-state index in [1.54, 1.807) is 24.3 Å². The summed E-state index contributed by atoms with van der Waals surface area (Å²) in [7, 11) is 0. The summed E-state index contributed by atoms with van der Waals surface area (Å²) in [6.07, 6.45) is 0. The predicted molar refractivity (Wildman–Crippen MR) is 69.5 cm³/mol. The molecule has 0 fully saturated rings. The Morgan fingerprint density at radius 1 is 0.611 bits per heavy atom. The van der Waals surface area contributed by atoms with Crippen LogP contribution in [0.25, 0.3) is 0 Å². The van der Waals surface area contributed by atoms with Gasteiger partial charge in [-0.25, -0.2) is 0 Å². The van der Waals surface area contributed by atoms with Crippen molar-refractivity contribution in [2.45, 2.75) is 0 Å². The normalized spacial score (nSPS) is 12.4. The van der Waals surface area contributed by atoms with Gasteiger partial charge < -0.3 is 10.4 Å². The molecule has 0 saturated carbocycles. The maximum atomic E-state index is 9.14. The zero-order valence-corrected chi connectivity index (χ0v) is 9.56. The van der Waals surface area contributed by atoms with Crippen molar-refractivity contribution in [1.82, 2.24) is 0 Å². The summed E-state index contributed by atoms with van der Waals surface area (Å²) < 4.78 is 0. The summed E-state index contributed by atoms with van der Waals surface area (Å²) in [6, 6.07) is 18.1. The molecule has 0 saturated heterocycles. The number of oxime groups is 2. The Morgan fingerprint density at radius 2 is 0.944 bits per heavy atom. The highest BCUT2D eigenvalue weighted by atomic mass is 16.4. The lowest BCUT2D eigenvalue weighted by Gasteiger charge is -2.06. The lowest BCUT2D eigenvalue weighted by atomic mass is 10.0. The van der Waals surface area contributed by atoms with Crippen LogP contribution in [0.5, 0.6) is 0 Å². The summed E-state index contributed by atoms with van der Waals surface area (Å²) in [4.78, 5) is 0. The number of hydrogen-bond donors (Lipinski definition) is 2. The van der Waals surface area contributed by atoms with E-state index < -0.39 is 0 Å². The molecule has 0 spiro atoms. The van der Waals surface area contributed by atoms with Crippen molar-refractivity contribution < 1.29 is 10.4 Å². The topological polar surface area (TPSA) is 65.2 Å². The van der Waals surface area contributed by atoms with Crippen LogP contribution in [0.2, 0.25) is 0 Å². The summed E-state index contributed by atoms with van der Waals surface area (Å²) in [6.45, 7) is 0. The summed E-state index contributed by atoms with van der Waals surface area (Å²) >= 11 is 0. The Balaban J connectivity index is 2.45. The van der Waals surface area contributed by atoms with Gasteiger partial charge >= 0.3 is 0 Å². The highest BCUT2D eigenvalue weighted by Crippen LogP contribution is 2.09. The van der Waals surface area contributed by atoms with Gasteiger partial charge in [-0.05, 0) is 0 Å². The highest BCUT2D eigenvalue weighted by Gasteiger charge is 2.15. The fourth-order valence-corrected chi connectivity index (χ4v) is 1.68. The maximum Gasteiger partial charge on any atom is 0.139 e. The molecule has 2 rings (SSSR count). The molecule has 2 aromatic carbocycles. The van der Waals surface area contributed by atoms with E-state index in [2.05, 4.69) is 10.3 Å². The highest BCUT2D eigenvalue weighted by molar-refractivity contribution is 6.53. The number of hydrogen-bond acceptors (Lipinski definition) is 4. The smallest absolute Gasteiger partial charge is 0.139 e. The molecule has 2 N–H and O–H groups in total. The van der Waals surface area contributed by atoms with E-state index in [1.165, 1.54) is 0 Å². The molecule has 0 heterocycles. The van der Waals surface area contributed by atoms with Crippen LogP contribution in [-0.4, -0.2) is 21.8 Å². The Labute approximate surface area is 105 Å². The first-order chi connectivity index (χ1) is 8.86. The van der Waals surface area contributed by atoms with Gasteiger partial charge in [0.2, 0.25) is 0 Å². The second kappa shape index (κ2) is 5.63. The minimum atomic E-state index is 0.226. The van der Waals surface area contributed by atoms with E-state index in [-0.39, 0.29) is 11.4 Å². The molecule has 90 valence electrons. The van der Waals surface area contributed by atoms with Crippen LogP contribution in [-0.2, 0) is 0 Å². The second-order valence-corrected chi connectivity index (χ2v) is 3.63. The molecule has 18 heavy (non-hydrogen) atoms. The molecular weight excluding hydrogens is 228 g/mol. The van der Waals surface area contributed by atoms with E-state index in [1.807, 2.05) is 36.4 Å². The number of rotatable bonds is 3. The number of nitrogens with zero attached hydrogens (tertiary/aromatic N) is 2. The number of benzene rings is 2. The molecule has 0 bridgehead atoms. The van der Waals surface area contributed by atoms with Gasteiger partial charge in [-0.15, -0.1) is 0 Å². The minimum absolute atomic E-state index is 0.226. The molecule has 0 aliphatic heterocycles. The molecule has 0 aliphatic carbocycles. The zero-order chi connectivity index (χ0) is 12.8. The van der Waals surface area contributed by atoms with E-state index in [9.17, 15) is 0 Å². The van der Waals surface area contributed by atoms with Crippen molar-refractivity contribution in [3.05, 3.63) is 71.8 Å². The van der Waals surface area contributed by atoms with Gasteiger partial charge in [0, 0.05) is 11.1 Å². The lowest BCUT2D eigenvalue weighted by molar-refractivity contribution is 0.314. The van der Waals surface area contributed by atoms with Gasteiger partial charge in [0.05, 0.1) is 0 Å². The summed E-state index contributed by atoms with van der Waals surface area (Å²) in [5.41, 5.74) is 1.81. The third-order valence-corrected chi connectivity index (χ3v) is 2.52. The van der Waals surface area contributed by atoms with E-state index in [0.717, 1.165) is 0 Å². The van der Waals surface area contributed by atoms with Crippen molar-refractivity contribution in [2.75, 3.05) is 0 Å². The summed E-state index contributed by atoms with van der Waals surface area (Å²) in [5, 5.41) is 24.7. The van der Waals surface area contributed by atoms with Crippen LogP contribution in [0, 0.1) is 0 Å². The van der Waals surface area contributed by atoms with E-state index in [4.69, 9.17) is 10.4 Å². The lowest BCUT2D eigenvalue weighted by Crippen LogP contribution is -2.17. The van der Waals surface area contributed by atoms with Crippen molar-refractivity contribution in [3.8, 4) is 0 Å². The van der Waals surface area contributed by atoms with Gasteiger partial charge in [-0.1, -0.05) is 71.0 Å². The standard InChI is InChI=1S/C14H12N2O2/c17-15-13(11-7-3-1-4-8-11)14(16-18)12-9-5-2-6-10-12/h1-10,17-18H/b15-13+,16-14+. The molecule has 2 aromatic rings. The molecule has 4 nitrogen and oxygen atoms in total. The first kappa shape index (κ1) is 11.9. The van der Waals surface area contributed by atoms with Gasteiger partial charge in [-0.3, -0.25) is 0 Å². The molecule has 0 atom stereocenters. The van der Waals surface area contributed by atoms with E-state index >= 15 is 0 Å². The molecular formula is C14H12N2O2. The molecule has 0 aliphatic rings. The Bertz CT molecular complexity index is 509. The third kappa shape index (κ3) is 2.38. The average Bonchev–Trinajstić information content (AvgIpc) is 2.46. The van der Waals surface area contributed by atoms with Gasteiger partial charge in [0.25, 0.3) is 0 Å². The predicted octanol–water partition coefficient (Wildman–Crippen LogP) is 2.74. The first-order valence-electron chi connectivity index (χ1n) is 5.42. The van der Waals surface area contributed by atoms with E-state index in [0.29, 0.717) is 11.1 Å². The minimum Gasteiger partial charge on any atom is -0.410 e. The second-order valence-electron chi connectivity index (χ2n) is 3.63.